The van der Waals surface area contributed by atoms with Crippen LogP contribution in [0.15, 0.2) is 30.9 Å². The number of methoxy groups -OCH3 is 1. The maximum Gasteiger partial charge on any atom is 0.270 e. The van der Waals surface area contributed by atoms with Crippen LogP contribution in [0, 0.1) is 6.92 Å². The topological polar surface area (TPSA) is 69.0 Å². The van der Waals surface area contributed by atoms with Gasteiger partial charge in [-0.15, -0.1) is 0 Å². The standard InChI is InChI=1S/C17H22N4O2/c1-12-3-8-15(20-16(12)21-10-9-18-11-21)17(22)19-13-4-6-14(23-2)7-5-13/h3,8-11,13-14H,4-7H2,1-2H3,(H,19,22). The monoisotopic (exact) mass is 314 g/mol. The Morgan fingerprint density at radius 1 is 1.30 bits per heavy atom. The van der Waals surface area contributed by atoms with Crippen molar-refractivity contribution in [1.29, 1.82) is 0 Å². The van der Waals surface area contributed by atoms with Crippen LogP contribution in [-0.4, -0.2) is 39.7 Å². The minimum Gasteiger partial charge on any atom is -0.381 e. The third-order valence-corrected chi connectivity index (χ3v) is 4.39. The van der Waals surface area contributed by atoms with Crippen LogP contribution in [0.2, 0.25) is 0 Å². The van der Waals surface area contributed by atoms with E-state index in [0.29, 0.717) is 11.8 Å². The van der Waals surface area contributed by atoms with Gasteiger partial charge in [0, 0.05) is 25.5 Å². The highest BCUT2D eigenvalue weighted by Gasteiger charge is 2.23. The molecule has 0 spiro atoms. The molecule has 0 atom stereocenters. The number of nitrogens with one attached hydrogen (secondary N) is 1. The first-order valence-corrected chi connectivity index (χ1v) is 7.97. The molecule has 1 saturated carbocycles. The van der Waals surface area contributed by atoms with Crippen LogP contribution in [0.4, 0.5) is 0 Å². The van der Waals surface area contributed by atoms with Crippen LogP contribution in [0.1, 0.15) is 41.7 Å². The highest BCUT2D eigenvalue weighted by molar-refractivity contribution is 5.92. The van der Waals surface area contributed by atoms with E-state index in [1.807, 2.05) is 23.8 Å². The summed E-state index contributed by atoms with van der Waals surface area (Å²) in [5.41, 5.74) is 1.44. The Labute approximate surface area is 135 Å². The van der Waals surface area contributed by atoms with Gasteiger partial charge in [0.25, 0.3) is 5.91 Å². The lowest BCUT2D eigenvalue weighted by Crippen LogP contribution is -2.39. The van der Waals surface area contributed by atoms with Crippen molar-refractivity contribution in [3.63, 3.8) is 0 Å². The molecule has 1 fully saturated rings. The van der Waals surface area contributed by atoms with Gasteiger partial charge in [-0.3, -0.25) is 9.36 Å². The van der Waals surface area contributed by atoms with E-state index in [4.69, 9.17) is 4.74 Å². The number of hydrogen-bond acceptors (Lipinski definition) is 4. The summed E-state index contributed by atoms with van der Waals surface area (Å²) in [6.07, 6.45) is 9.41. The molecule has 6 nitrogen and oxygen atoms in total. The highest BCUT2D eigenvalue weighted by atomic mass is 16.5. The fourth-order valence-corrected chi connectivity index (χ4v) is 2.99. The zero-order chi connectivity index (χ0) is 16.2. The van der Waals surface area contributed by atoms with Crippen molar-refractivity contribution in [2.24, 2.45) is 0 Å². The van der Waals surface area contributed by atoms with Gasteiger partial charge in [0.15, 0.2) is 0 Å². The number of amides is 1. The lowest BCUT2D eigenvalue weighted by Gasteiger charge is -2.28. The zero-order valence-corrected chi connectivity index (χ0v) is 13.5. The Hall–Kier alpha value is -2.21. The Morgan fingerprint density at radius 3 is 2.74 bits per heavy atom. The van der Waals surface area contributed by atoms with Crippen LogP contribution in [0.25, 0.3) is 5.82 Å². The smallest absolute Gasteiger partial charge is 0.270 e. The Bertz CT molecular complexity index is 661. The van der Waals surface area contributed by atoms with Crippen molar-refractivity contribution in [3.8, 4) is 5.82 Å². The average Bonchev–Trinajstić information content (AvgIpc) is 3.10. The first kappa shape index (κ1) is 15.7. The molecule has 23 heavy (non-hydrogen) atoms. The Balaban J connectivity index is 1.69. The van der Waals surface area contributed by atoms with Gasteiger partial charge >= 0.3 is 0 Å². The molecule has 0 aromatic carbocycles. The SMILES string of the molecule is COC1CCC(NC(=O)c2ccc(C)c(-n3ccnc3)n2)CC1. The molecule has 0 unspecified atom stereocenters. The summed E-state index contributed by atoms with van der Waals surface area (Å²) < 4.78 is 7.18. The molecule has 122 valence electrons. The maximum atomic E-state index is 12.5. The lowest BCUT2D eigenvalue weighted by atomic mass is 9.93. The summed E-state index contributed by atoms with van der Waals surface area (Å²) in [6, 6.07) is 3.89. The molecular formula is C17H22N4O2. The van der Waals surface area contributed by atoms with Gasteiger partial charge < -0.3 is 10.1 Å². The predicted octanol–water partition coefficient (Wildman–Crippen LogP) is 2.26. The number of aryl methyl sites for hydroxylation is 1. The molecule has 2 aromatic rings. The summed E-state index contributed by atoms with van der Waals surface area (Å²) in [6.45, 7) is 1.97. The van der Waals surface area contributed by atoms with Gasteiger partial charge in [-0.2, -0.15) is 0 Å². The molecule has 1 aliphatic carbocycles. The largest absolute Gasteiger partial charge is 0.381 e. The summed E-state index contributed by atoms with van der Waals surface area (Å²) in [4.78, 5) is 21.0. The third kappa shape index (κ3) is 3.59. The summed E-state index contributed by atoms with van der Waals surface area (Å²) >= 11 is 0. The average molecular weight is 314 g/mol. The molecule has 0 saturated heterocycles. The maximum absolute atomic E-state index is 12.5. The van der Waals surface area contributed by atoms with Crippen LogP contribution in [0.5, 0.6) is 0 Å². The van der Waals surface area contributed by atoms with E-state index < -0.39 is 0 Å². The highest BCUT2D eigenvalue weighted by Crippen LogP contribution is 2.21. The number of rotatable bonds is 4. The van der Waals surface area contributed by atoms with Gasteiger partial charge in [-0.1, -0.05) is 6.07 Å². The predicted molar refractivity (Wildman–Crippen MR) is 86.6 cm³/mol. The van der Waals surface area contributed by atoms with Gasteiger partial charge in [0.2, 0.25) is 0 Å². The van der Waals surface area contributed by atoms with Gasteiger partial charge in [-0.25, -0.2) is 9.97 Å². The number of pyridine rings is 1. The minimum atomic E-state index is -0.118. The normalized spacial score (nSPS) is 21.1. The fraction of sp³-hybridized carbons (Fsp3) is 0.471. The van der Waals surface area contributed by atoms with E-state index in [-0.39, 0.29) is 11.9 Å². The van der Waals surface area contributed by atoms with E-state index >= 15 is 0 Å². The first-order valence-electron chi connectivity index (χ1n) is 7.97. The number of carbonyl (C=O) groups excluding carboxylic acids is 1. The number of carbonyl (C=O) groups is 1. The van der Waals surface area contributed by atoms with E-state index in [1.165, 1.54) is 0 Å². The van der Waals surface area contributed by atoms with Gasteiger partial charge in [-0.05, 0) is 44.2 Å². The van der Waals surface area contributed by atoms with Crippen molar-refractivity contribution in [2.75, 3.05) is 7.11 Å². The number of hydrogen-bond donors (Lipinski definition) is 1. The molecule has 0 bridgehead atoms. The molecule has 2 heterocycles. The number of nitrogens with zero attached hydrogens (tertiary/aromatic N) is 3. The van der Waals surface area contributed by atoms with E-state index in [1.54, 1.807) is 25.7 Å². The molecule has 0 radical (unpaired) electrons. The zero-order valence-electron chi connectivity index (χ0n) is 13.5. The number of imidazole rings is 1. The quantitative estimate of drug-likeness (QED) is 0.940. The van der Waals surface area contributed by atoms with Crippen molar-refractivity contribution >= 4 is 5.91 Å². The molecule has 1 N–H and O–H groups in total. The molecule has 3 rings (SSSR count). The van der Waals surface area contributed by atoms with Crippen molar-refractivity contribution in [1.82, 2.24) is 19.9 Å². The second kappa shape index (κ2) is 6.91. The molecule has 2 aromatic heterocycles. The summed E-state index contributed by atoms with van der Waals surface area (Å²) in [5, 5.41) is 3.09. The van der Waals surface area contributed by atoms with Crippen LogP contribution in [-0.2, 0) is 4.74 Å². The fourth-order valence-electron chi connectivity index (χ4n) is 2.99. The molecular weight excluding hydrogens is 292 g/mol. The van der Waals surface area contributed by atoms with E-state index in [9.17, 15) is 4.79 Å². The van der Waals surface area contributed by atoms with Crippen molar-refractivity contribution in [3.05, 3.63) is 42.1 Å². The van der Waals surface area contributed by atoms with E-state index in [2.05, 4.69) is 15.3 Å². The Kier molecular flexibility index (Phi) is 4.71. The van der Waals surface area contributed by atoms with Crippen LogP contribution < -0.4 is 5.32 Å². The van der Waals surface area contributed by atoms with Crippen LogP contribution >= 0.6 is 0 Å². The molecule has 0 aliphatic heterocycles. The minimum absolute atomic E-state index is 0.118. The second-order valence-corrected chi connectivity index (χ2v) is 5.99. The van der Waals surface area contributed by atoms with Crippen LogP contribution in [0.3, 0.4) is 0 Å². The lowest BCUT2D eigenvalue weighted by molar-refractivity contribution is 0.0598. The molecule has 1 amide bonds. The molecule has 1 aliphatic rings. The van der Waals surface area contributed by atoms with Gasteiger partial charge in [0.05, 0.1) is 6.10 Å². The number of aromatic nitrogens is 3. The second-order valence-electron chi connectivity index (χ2n) is 5.99. The third-order valence-electron chi connectivity index (χ3n) is 4.39. The summed E-state index contributed by atoms with van der Waals surface area (Å²) in [5.74, 6) is 0.616. The van der Waals surface area contributed by atoms with Gasteiger partial charge in [0.1, 0.15) is 17.8 Å². The number of ether oxygens (including phenoxy) is 1. The molecule has 6 heteroatoms. The van der Waals surface area contributed by atoms with E-state index in [0.717, 1.165) is 37.1 Å². The van der Waals surface area contributed by atoms with Crippen molar-refractivity contribution in [2.45, 2.75) is 44.8 Å². The first-order chi connectivity index (χ1) is 11.2. The summed E-state index contributed by atoms with van der Waals surface area (Å²) in [7, 11) is 1.75. The van der Waals surface area contributed by atoms with Crippen molar-refractivity contribution < 1.29 is 9.53 Å². The Morgan fingerprint density at radius 2 is 2.09 bits per heavy atom.